The Kier molecular flexibility index (Phi) is 3.54. The van der Waals surface area contributed by atoms with Crippen molar-refractivity contribution in [3.8, 4) is 0 Å². The van der Waals surface area contributed by atoms with Crippen molar-refractivity contribution in [1.82, 2.24) is 9.88 Å². The van der Waals surface area contributed by atoms with Crippen molar-refractivity contribution >= 4 is 11.1 Å². The smallest absolute Gasteiger partial charge is 0.181 e. The van der Waals surface area contributed by atoms with Gasteiger partial charge in [0, 0.05) is 13.1 Å². The normalized spacial score (nSPS) is 11.4. The Morgan fingerprint density at radius 2 is 2.25 bits per heavy atom. The first-order valence-corrected chi connectivity index (χ1v) is 5.41. The van der Waals surface area contributed by atoms with Gasteiger partial charge >= 0.3 is 0 Å². The van der Waals surface area contributed by atoms with Gasteiger partial charge in [-0.05, 0) is 31.2 Å². The molecule has 16 heavy (non-hydrogen) atoms. The lowest BCUT2D eigenvalue weighted by molar-refractivity contribution is 0.223. The molecule has 1 N–H and O–H groups in total. The maximum atomic E-state index is 8.78. The first-order valence-electron chi connectivity index (χ1n) is 5.41. The Balaban J connectivity index is 1.98. The number of rotatable bonds is 5. The summed E-state index contributed by atoms with van der Waals surface area (Å²) in [6, 6.07) is 6.06. The molecule has 0 fully saturated rings. The second kappa shape index (κ2) is 5.09. The molecular formula is C12H16N2O2. The zero-order valence-electron chi connectivity index (χ0n) is 9.39. The van der Waals surface area contributed by atoms with E-state index in [4.69, 9.17) is 9.52 Å². The Bertz CT molecular complexity index is 453. The lowest BCUT2D eigenvalue weighted by Crippen LogP contribution is -2.24. The van der Waals surface area contributed by atoms with Gasteiger partial charge in [-0.2, -0.15) is 0 Å². The molecule has 1 heterocycles. The zero-order valence-corrected chi connectivity index (χ0v) is 9.39. The third-order valence-corrected chi connectivity index (χ3v) is 2.66. The van der Waals surface area contributed by atoms with Gasteiger partial charge in [-0.15, -0.1) is 0 Å². The Morgan fingerprint density at radius 1 is 1.38 bits per heavy atom. The molecule has 1 aromatic heterocycles. The first-order chi connectivity index (χ1) is 7.79. The van der Waals surface area contributed by atoms with Crippen molar-refractivity contribution in [3.05, 3.63) is 30.2 Å². The molecule has 0 aliphatic carbocycles. The largest absolute Gasteiger partial charge is 0.443 e. The monoisotopic (exact) mass is 220 g/mol. The van der Waals surface area contributed by atoms with Gasteiger partial charge in [0.05, 0.1) is 6.61 Å². The minimum absolute atomic E-state index is 0.206. The topological polar surface area (TPSA) is 49.5 Å². The lowest BCUT2D eigenvalue weighted by Gasteiger charge is -2.14. The maximum absolute atomic E-state index is 8.78. The SMILES string of the molecule is CN(CCO)CCc1ccc2ncoc2c1. The summed E-state index contributed by atoms with van der Waals surface area (Å²) in [6.45, 7) is 1.85. The number of aromatic nitrogens is 1. The number of nitrogens with zero attached hydrogens (tertiary/aromatic N) is 2. The maximum Gasteiger partial charge on any atom is 0.181 e. The van der Waals surface area contributed by atoms with Gasteiger partial charge in [-0.1, -0.05) is 6.07 Å². The lowest BCUT2D eigenvalue weighted by atomic mass is 10.1. The van der Waals surface area contributed by atoms with Crippen LogP contribution in [0.5, 0.6) is 0 Å². The van der Waals surface area contributed by atoms with E-state index in [1.54, 1.807) is 0 Å². The summed E-state index contributed by atoms with van der Waals surface area (Å²) >= 11 is 0. The number of aliphatic hydroxyl groups is 1. The van der Waals surface area contributed by atoms with Crippen molar-refractivity contribution in [1.29, 1.82) is 0 Å². The summed E-state index contributed by atoms with van der Waals surface area (Å²) in [7, 11) is 2.00. The quantitative estimate of drug-likeness (QED) is 0.825. The van der Waals surface area contributed by atoms with Crippen LogP contribution < -0.4 is 0 Å². The third kappa shape index (κ3) is 2.59. The van der Waals surface area contributed by atoms with Gasteiger partial charge in [0.15, 0.2) is 12.0 Å². The molecule has 0 amide bonds. The Labute approximate surface area is 94.5 Å². The molecule has 4 nitrogen and oxygen atoms in total. The van der Waals surface area contributed by atoms with Crippen molar-refractivity contribution in [3.63, 3.8) is 0 Å². The number of likely N-dealkylation sites (N-methyl/N-ethyl adjacent to an activating group) is 1. The van der Waals surface area contributed by atoms with Crippen LogP contribution in [0.1, 0.15) is 5.56 Å². The van der Waals surface area contributed by atoms with E-state index in [1.165, 1.54) is 12.0 Å². The second-order valence-electron chi connectivity index (χ2n) is 3.93. The summed E-state index contributed by atoms with van der Waals surface area (Å²) in [5.41, 5.74) is 2.96. The fourth-order valence-corrected chi connectivity index (χ4v) is 1.66. The average molecular weight is 220 g/mol. The fourth-order valence-electron chi connectivity index (χ4n) is 1.66. The van der Waals surface area contributed by atoms with Crippen LogP contribution in [0, 0.1) is 0 Å². The molecule has 0 unspecified atom stereocenters. The molecule has 0 saturated heterocycles. The van der Waals surface area contributed by atoms with Gasteiger partial charge in [0.25, 0.3) is 0 Å². The minimum Gasteiger partial charge on any atom is -0.443 e. The van der Waals surface area contributed by atoms with E-state index in [2.05, 4.69) is 16.0 Å². The standard InChI is InChI=1S/C12H16N2O2/c1-14(6-7-15)5-4-10-2-3-11-12(8-10)16-9-13-11/h2-3,8-9,15H,4-7H2,1H3. The van der Waals surface area contributed by atoms with Gasteiger partial charge in [-0.3, -0.25) is 0 Å². The number of fused-ring (bicyclic) bond motifs is 1. The Hall–Kier alpha value is -1.39. The molecule has 2 aromatic rings. The van der Waals surface area contributed by atoms with Gasteiger partial charge in [-0.25, -0.2) is 4.98 Å². The predicted octanol–water partition coefficient (Wildman–Crippen LogP) is 1.29. The number of aliphatic hydroxyl groups excluding tert-OH is 1. The van der Waals surface area contributed by atoms with E-state index >= 15 is 0 Å². The van der Waals surface area contributed by atoms with Crippen LogP contribution in [-0.2, 0) is 6.42 Å². The molecule has 0 radical (unpaired) electrons. The van der Waals surface area contributed by atoms with E-state index in [0.29, 0.717) is 6.54 Å². The van der Waals surface area contributed by atoms with Crippen molar-refractivity contribution < 1.29 is 9.52 Å². The van der Waals surface area contributed by atoms with Crippen molar-refractivity contribution in [2.24, 2.45) is 0 Å². The molecule has 0 aliphatic heterocycles. The van der Waals surface area contributed by atoms with Crippen LogP contribution in [0.15, 0.2) is 29.0 Å². The molecule has 1 aromatic carbocycles. The molecule has 4 heteroatoms. The van der Waals surface area contributed by atoms with Gasteiger partial charge < -0.3 is 14.4 Å². The van der Waals surface area contributed by atoms with Crippen LogP contribution in [0.4, 0.5) is 0 Å². The van der Waals surface area contributed by atoms with Crippen molar-refractivity contribution in [2.75, 3.05) is 26.7 Å². The van der Waals surface area contributed by atoms with E-state index < -0.39 is 0 Å². The third-order valence-electron chi connectivity index (χ3n) is 2.66. The average Bonchev–Trinajstić information content (AvgIpc) is 2.74. The first kappa shape index (κ1) is 11.1. The number of hydrogen-bond acceptors (Lipinski definition) is 4. The number of hydrogen-bond donors (Lipinski definition) is 1. The summed E-state index contributed by atoms with van der Waals surface area (Å²) in [6.07, 6.45) is 2.42. The number of benzene rings is 1. The summed E-state index contributed by atoms with van der Waals surface area (Å²) < 4.78 is 5.25. The fraction of sp³-hybridized carbons (Fsp3) is 0.417. The Morgan fingerprint density at radius 3 is 3.06 bits per heavy atom. The molecule has 0 atom stereocenters. The molecule has 0 spiro atoms. The highest BCUT2D eigenvalue weighted by Crippen LogP contribution is 2.14. The second-order valence-corrected chi connectivity index (χ2v) is 3.93. The number of oxazole rings is 1. The molecule has 86 valence electrons. The molecule has 0 saturated carbocycles. The summed E-state index contributed by atoms with van der Waals surface area (Å²) in [5, 5.41) is 8.78. The zero-order chi connectivity index (χ0) is 11.4. The van der Waals surface area contributed by atoms with Crippen LogP contribution in [0.2, 0.25) is 0 Å². The molecular weight excluding hydrogens is 204 g/mol. The van der Waals surface area contributed by atoms with Crippen LogP contribution in [0.3, 0.4) is 0 Å². The van der Waals surface area contributed by atoms with Crippen LogP contribution in [0.25, 0.3) is 11.1 Å². The summed E-state index contributed by atoms with van der Waals surface area (Å²) in [4.78, 5) is 6.18. The van der Waals surface area contributed by atoms with E-state index in [-0.39, 0.29) is 6.61 Å². The van der Waals surface area contributed by atoms with Gasteiger partial charge in [0.1, 0.15) is 5.52 Å². The van der Waals surface area contributed by atoms with Crippen LogP contribution >= 0.6 is 0 Å². The minimum atomic E-state index is 0.206. The molecule has 0 aliphatic rings. The van der Waals surface area contributed by atoms with Crippen molar-refractivity contribution in [2.45, 2.75) is 6.42 Å². The van der Waals surface area contributed by atoms with E-state index in [0.717, 1.165) is 24.1 Å². The highest BCUT2D eigenvalue weighted by molar-refractivity contribution is 5.72. The predicted molar refractivity (Wildman–Crippen MR) is 62.3 cm³/mol. The molecule has 2 rings (SSSR count). The highest BCUT2D eigenvalue weighted by atomic mass is 16.3. The van der Waals surface area contributed by atoms with E-state index in [9.17, 15) is 0 Å². The highest BCUT2D eigenvalue weighted by Gasteiger charge is 2.02. The summed E-state index contributed by atoms with van der Waals surface area (Å²) in [5.74, 6) is 0. The van der Waals surface area contributed by atoms with Gasteiger partial charge in [0.2, 0.25) is 0 Å². The van der Waals surface area contributed by atoms with E-state index in [1.807, 2.05) is 19.2 Å². The van der Waals surface area contributed by atoms with Crippen LogP contribution in [-0.4, -0.2) is 41.7 Å². The molecule has 0 bridgehead atoms.